The zero-order valence-electron chi connectivity index (χ0n) is 11.9. The highest BCUT2D eigenvalue weighted by atomic mass is 32.2. The molecule has 0 spiro atoms. The van der Waals surface area contributed by atoms with Gasteiger partial charge in [0.2, 0.25) is 10.0 Å². The molecule has 0 bridgehead atoms. The molecule has 1 aliphatic rings. The van der Waals surface area contributed by atoms with Crippen molar-refractivity contribution in [1.82, 2.24) is 19.4 Å². The van der Waals surface area contributed by atoms with Crippen LogP contribution < -0.4 is 5.32 Å². The number of aromatic nitrogens is 2. The van der Waals surface area contributed by atoms with Crippen molar-refractivity contribution < 1.29 is 13.2 Å². The van der Waals surface area contributed by atoms with Crippen LogP contribution in [0.4, 0.5) is 0 Å². The van der Waals surface area contributed by atoms with Gasteiger partial charge in [0.25, 0.3) is 0 Å². The van der Waals surface area contributed by atoms with Crippen LogP contribution >= 0.6 is 0 Å². The highest BCUT2D eigenvalue weighted by molar-refractivity contribution is 7.89. The summed E-state index contributed by atoms with van der Waals surface area (Å²) in [5, 5.41) is 7.28. The fourth-order valence-corrected chi connectivity index (χ4v) is 3.58. The van der Waals surface area contributed by atoms with Gasteiger partial charge in [-0.1, -0.05) is 6.92 Å². The van der Waals surface area contributed by atoms with Gasteiger partial charge in [0, 0.05) is 25.8 Å². The zero-order valence-corrected chi connectivity index (χ0v) is 12.8. The number of rotatable bonds is 6. The molecule has 0 radical (unpaired) electrons. The summed E-state index contributed by atoms with van der Waals surface area (Å²) >= 11 is 0. The number of hydrogen-bond acceptors (Lipinski definition) is 5. The lowest BCUT2D eigenvalue weighted by atomic mass is 10.3. The molecule has 114 valence electrons. The van der Waals surface area contributed by atoms with Crippen LogP contribution in [0.3, 0.4) is 0 Å². The maximum Gasteiger partial charge on any atom is 0.246 e. The van der Waals surface area contributed by atoms with Crippen molar-refractivity contribution >= 4 is 10.0 Å². The molecule has 2 rings (SSSR count). The fraction of sp³-hybridized carbons (Fsp3) is 0.750. The summed E-state index contributed by atoms with van der Waals surface area (Å²) < 4.78 is 33.4. The number of ether oxygens (including phenoxy) is 1. The van der Waals surface area contributed by atoms with Gasteiger partial charge in [0.05, 0.1) is 25.5 Å². The third-order valence-electron chi connectivity index (χ3n) is 3.22. The minimum absolute atomic E-state index is 0.0673. The van der Waals surface area contributed by atoms with E-state index in [0.717, 1.165) is 13.1 Å². The van der Waals surface area contributed by atoms with Crippen molar-refractivity contribution in [3.05, 3.63) is 12.4 Å². The fourth-order valence-electron chi connectivity index (χ4n) is 2.12. The summed E-state index contributed by atoms with van der Waals surface area (Å²) in [4.78, 5) is 0.253. The van der Waals surface area contributed by atoms with E-state index >= 15 is 0 Å². The van der Waals surface area contributed by atoms with Gasteiger partial charge in [-0.3, -0.25) is 4.68 Å². The van der Waals surface area contributed by atoms with Crippen LogP contribution in [0.25, 0.3) is 0 Å². The molecule has 1 fully saturated rings. The molecule has 1 saturated heterocycles. The largest absolute Gasteiger partial charge is 0.376 e. The molecule has 1 aliphatic heterocycles. The normalized spacial score (nSPS) is 21.2. The number of hydrogen-bond donors (Lipinski definition) is 1. The third-order valence-corrected chi connectivity index (χ3v) is 5.04. The molecular weight excluding hydrogens is 280 g/mol. The molecule has 0 saturated carbocycles. The Morgan fingerprint density at radius 3 is 3.05 bits per heavy atom. The van der Waals surface area contributed by atoms with E-state index in [1.54, 1.807) is 10.9 Å². The lowest BCUT2D eigenvalue weighted by Crippen LogP contribution is -2.44. The molecule has 7 nitrogen and oxygen atoms in total. The summed E-state index contributed by atoms with van der Waals surface area (Å²) in [6.45, 7) is 7.45. The number of likely N-dealkylation sites (N-methyl/N-ethyl adjacent to an activating group) is 1. The van der Waals surface area contributed by atoms with E-state index in [2.05, 4.69) is 10.4 Å². The molecule has 1 atom stereocenters. The van der Waals surface area contributed by atoms with Crippen molar-refractivity contribution in [2.24, 2.45) is 0 Å². The van der Waals surface area contributed by atoms with Gasteiger partial charge < -0.3 is 10.1 Å². The molecule has 0 aromatic carbocycles. The molecule has 2 heterocycles. The highest BCUT2D eigenvalue weighted by Crippen LogP contribution is 2.17. The van der Waals surface area contributed by atoms with Crippen molar-refractivity contribution in [3.63, 3.8) is 0 Å². The summed E-state index contributed by atoms with van der Waals surface area (Å²) in [7, 11) is -3.46. The van der Waals surface area contributed by atoms with E-state index in [1.807, 2.05) is 13.8 Å². The summed E-state index contributed by atoms with van der Waals surface area (Å²) in [6.07, 6.45) is 2.94. The Morgan fingerprint density at radius 1 is 1.55 bits per heavy atom. The van der Waals surface area contributed by atoms with E-state index in [0.29, 0.717) is 26.2 Å². The zero-order chi connectivity index (χ0) is 14.6. The Morgan fingerprint density at radius 2 is 2.35 bits per heavy atom. The van der Waals surface area contributed by atoms with Gasteiger partial charge >= 0.3 is 0 Å². The second-order valence-electron chi connectivity index (χ2n) is 4.84. The average molecular weight is 302 g/mol. The standard InChI is InChI=1S/C12H22N4O3S/c1-3-13-4-5-15-10-12(8-14-15)20(17,18)16-6-7-19-11(2)9-16/h8,10-11,13H,3-7,9H2,1-2H3. The van der Waals surface area contributed by atoms with Crippen molar-refractivity contribution in [2.75, 3.05) is 32.8 Å². The molecule has 8 heteroatoms. The molecule has 0 aliphatic carbocycles. The second-order valence-corrected chi connectivity index (χ2v) is 6.78. The maximum absolute atomic E-state index is 12.5. The number of sulfonamides is 1. The van der Waals surface area contributed by atoms with Crippen molar-refractivity contribution in [1.29, 1.82) is 0 Å². The first kappa shape index (κ1) is 15.4. The van der Waals surface area contributed by atoms with Crippen LogP contribution in [0.15, 0.2) is 17.3 Å². The monoisotopic (exact) mass is 302 g/mol. The first-order valence-corrected chi connectivity index (χ1v) is 8.33. The van der Waals surface area contributed by atoms with Crippen LogP contribution in [-0.2, 0) is 21.3 Å². The summed E-state index contributed by atoms with van der Waals surface area (Å²) in [6, 6.07) is 0. The third kappa shape index (κ3) is 3.57. The van der Waals surface area contributed by atoms with Crippen molar-refractivity contribution in [3.8, 4) is 0 Å². The number of nitrogens with zero attached hydrogens (tertiary/aromatic N) is 3. The maximum atomic E-state index is 12.5. The predicted molar refractivity (Wildman–Crippen MR) is 74.9 cm³/mol. The molecular formula is C12H22N4O3S. The number of morpholine rings is 1. The first-order valence-electron chi connectivity index (χ1n) is 6.89. The summed E-state index contributed by atoms with van der Waals surface area (Å²) in [5.41, 5.74) is 0. The quantitative estimate of drug-likeness (QED) is 0.743. The number of nitrogens with one attached hydrogen (secondary N) is 1. The van der Waals surface area contributed by atoms with Gasteiger partial charge in [-0.05, 0) is 13.5 Å². The van der Waals surface area contributed by atoms with Crippen molar-refractivity contribution in [2.45, 2.75) is 31.4 Å². The lowest BCUT2D eigenvalue weighted by Gasteiger charge is -2.29. The van der Waals surface area contributed by atoms with E-state index in [9.17, 15) is 8.42 Å². The van der Waals surface area contributed by atoms with Crippen LogP contribution in [0.5, 0.6) is 0 Å². The van der Waals surface area contributed by atoms with Gasteiger partial charge in [-0.2, -0.15) is 9.40 Å². The van der Waals surface area contributed by atoms with E-state index in [1.165, 1.54) is 10.5 Å². The minimum atomic E-state index is -3.46. The Hall–Kier alpha value is -0.960. The Bertz CT molecular complexity index is 529. The summed E-state index contributed by atoms with van der Waals surface area (Å²) in [5.74, 6) is 0. The molecule has 20 heavy (non-hydrogen) atoms. The molecule has 1 aromatic rings. The molecule has 0 amide bonds. The molecule has 1 aromatic heterocycles. The van der Waals surface area contributed by atoms with E-state index in [4.69, 9.17) is 4.74 Å². The Kier molecular flexibility index (Phi) is 5.14. The molecule has 1 N–H and O–H groups in total. The highest BCUT2D eigenvalue weighted by Gasteiger charge is 2.30. The topological polar surface area (TPSA) is 76.5 Å². The SMILES string of the molecule is CCNCCn1cc(S(=O)(=O)N2CCOC(C)C2)cn1. The smallest absolute Gasteiger partial charge is 0.246 e. The lowest BCUT2D eigenvalue weighted by molar-refractivity contribution is 0.0102. The van der Waals surface area contributed by atoms with Gasteiger partial charge in [-0.15, -0.1) is 0 Å². The van der Waals surface area contributed by atoms with Crippen LogP contribution in [0.1, 0.15) is 13.8 Å². The Labute approximate surface area is 120 Å². The second kappa shape index (κ2) is 6.66. The van der Waals surface area contributed by atoms with Crippen LogP contribution in [-0.4, -0.2) is 61.4 Å². The van der Waals surface area contributed by atoms with Gasteiger partial charge in [-0.25, -0.2) is 8.42 Å². The van der Waals surface area contributed by atoms with Gasteiger partial charge in [0.1, 0.15) is 4.90 Å². The predicted octanol–water partition coefficient (Wildman–Crippen LogP) is -0.0980. The first-order chi connectivity index (χ1) is 9.54. The van der Waals surface area contributed by atoms with Gasteiger partial charge in [0.15, 0.2) is 0 Å². The minimum Gasteiger partial charge on any atom is -0.376 e. The van der Waals surface area contributed by atoms with E-state index in [-0.39, 0.29) is 11.0 Å². The average Bonchev–Trinajstić information content (AvgIpc) is 2.88. The van der Waals surface area contributed by atoms with Crippen LogP contribution in [0, 0.1) is 0 Å². The Balaban J connectivity index is 2.05. The molecule has 1 unspecified atom stereocenters. The van der Waals surface area contributed by atoms with E-state index < -0.39 is 10.0 Å². The van der Waals surface area contributed by atoms with Crippen LogP contribution in [0.2, 0.25) is 0 Å².